The average Bonchev–Trinajstić information content (AvgIpc) is 3.25. The first kappa shape index (κ1) is 17.0. The van der Waals surface area contributed by atoms with Gasteiger partial charge in [0, 0.05) is 0 Å². The van der Waals surface area contributed by atoms with Crippen LogP contribution in [-0.4, -0.2) is 34.6 Å². The average molecular weight is 373 g/mol. The summed E-state index contributed by atoms with van der Waals surface area (Å²) in [5.41, 5.74) is -3.53. The van der Waals surface area contributed by atoms with Gasteiger partial charge in [0.05, 0.1) is 17.7 Å². The molecule has 0 saturated carbocycles. The van der Waals surface area contributed by atoms with Crippen LogP contribution in [0.15, 0.2) is 40.3 Å². The van der Waals surface area contributed by atoms with Crippen LogP contribution < -0.4 is 10.6 Å². The first-order chi connectivity index (χ1) is 11.7. The summed E-state index contributed by atoms with van der Waals surface area (Å²) in [5, 5.41) is 4.67. The van der Waals surface area contributed by atoms with Crippen LogP contribution in [0.2, 0.25) is 0 Å². The largest absolute Gasteiger partial charge is 0.467 e. The molecule has 1 saturated heterocycles. The number of urea groups is 1. The summed E-state index contributed by atoms with van der Waals surface area (Å²) in [6.45, 7) is -0.496. The summed E-state index contributed by atoms with van der Waals surface area (Å²) >= 11 is 0.898. The van der Waals surface area contributed by atoms with E-state index < -0.39 is 36.2 Å². The molecule has 0 aliphatic carbocycles. The predicted octanol–water partition coefficient (Wildman–Crippen LogP) is 2.08. The van der Waals surface area contributed by atoms with Crippen LogP contribution in [0.25, 0.3) is 0 Å². The molecule has 0 aromatic carbocycles. The standard InChI is InChI=1S/C14H10F3N3O4S/c15-14(16,17)13(18-10(21)9-4-2-6-25-9)11(22)20(12(23)19-13)7-8-3-1-5-24-8/h1-6H,7H2,(H,18,21)(H,19,23)/t13-/m0/s1. The Balaban J connectivity index is 1.92. The minimum atomic E-state index is -5.25. The third-order valence-corrected chi connectivity index (χ3v) is 4.34. The van der Waals surface area contributed by atoms with E-state index in [-0.39, 0.29) is 10.6 Å². The Labute approximate surface area is 142 Å². The molecule has 3 heterocycles. The van der Waals surface area contributed by atoms with Crippen molar-refractivity contribution in [3.63, 3.8) is 0 Å². The van der Waals surface area contributed by atoms with Crippen molar-refractivity contribution in [1.82, 2.24) is 15.5 Å². The Hall–Kier alpha value is -2.82. The lowest BCUT2D eigenvalue weighted by Gasteiger charge is -2.29. The van der Waals surface area contributed by atoms with Crippen molar-refractivity contribution in [3.05, 3.63) is 46.5 Å². The van der Waals surface area contributed by atoms with Gasteiger partial charge in [-0.1, -0.05) is 6.07 Å². The maximum absolute atomic E-state index is 13.6. The third kappa shape index (κ3) is 2.86. The molecule has 2 aromatic rings. The van der Waals surface area contributed by atoms with E-state index >= 15 is 0 Å². The zero-order valence-corrected chi connectivity index (χ0v) is 13.1. The summed E-state index contributed by atoms with van der Waals surface area (Å²) in [5.74, 6) is -2.64. The lowest BCUT2D eigenvalue weighted by atomic mass is 10.1. The number of halogens is 3. The fourth-order valence-corrected chi connectivity index (χ4v) is 2.88. The third-order valence-electron chi connectivity index (χ3n) is 3.47. The smallest absolute Gasteiger partial charge is 0.440 e. The summed E-state index contributed by atoms with van der Waals surface area (Å²) in [4.78, 5) is 36.7. The molecule has 25 heavy (non-hydrogen) atoms. The van der Waals surface area contributed by atoms with E-state index in [1.807, 2.05) is 0 Å². The number of carbonyl (C=O) groups is 3. The highest BCUT2D eigenvalue weighted by Crippen LogP contribution is 2.34. The number of rotatable bonds is 4. The number of nitrogens with one attached hydrogen (secondary N) is 2. The van der Waals surface area contributed by atoms with Gasteiger partial charge in [-0.05, 0) is 23.6 Å². The van der Waals surface area contributed by atoms with Crippen molar-refractivity contribution in [3.8, 4) is 0 Å². The second kappa shape index (κ2) is 5.92. The van der Waals surface area contributed by atoms with Gasteiger partial charge in [-0.3, -0.25) is 19.8 Å². The van der Waals surface area contributed by atoms with E-state index in [0.717, 1.165) is 11.3 Å². The molecule has 0 radical (unpaired) electrons. The lowest BCUT2D eigenvalue weighted by molar-refractivity contribution is -0.200. The Morgan fingerprint density at radius 1 is 1.32 bits per heavy atom. The van der Waals surface area contributed by atoms with Gasteiger partial charge in [-0.25, -0.2) is 4.79 Å². The lowest BCUT2D eigenvalue weighted by Crippen LogP contribution is -2.69. The molecule has 2 N–H and O–H groups in total. The van der Waals surface area contributed by atoms with Gasteiger partial charge in [0.25, 0.3) is 17.5 Å². The van der Waals surface area contributed by atoms with Crippen molar-refractivity contribution in [2.75, 3.05) is 0 Å². The monoisotopic (exact) mass is 373 g/mol. The van der Waals surface area contributed by atoms with Gasteiger partial charge >= 0.3 is 12.2 Å². The van der Waals surface area contributed by atoms with Gasteiger partial charge in [0.15, 0.2) is 0 Å². The molecule has 7 nitrogen and oxygen atoms in total. The molecule has 1 atom stereocenters. The predicted molar refractivity (Wildman–Crippen MR) is 78.4 cm³/mol. The molecule has 1 aliphatic heterocycles. The molecule has 4 amide bonds. The molecule has 0 bridgehead atoms. The van der Waals surface area contributed by atoms with Crippen LogP contribution in [0.5, 0.6) is 0 Å². The SMILES string of the molecule is O=C(N[C@]1(C(F)(F)F)NC(=O)N(Cc2ccco2)C1=O)c1cccs1. The van der Waals surface area contributed by atoms with E-state index in [1.54, 1.807) is 10.6 Å². The van der Waals surface area contributed by atoms with Gasteiger partial charge in [0.2, 0.25) is 0 Å². The Morgan fingerprint density at radius 3 is 2.64 bits per heavy atom. The molecular weight excluding hydrogens is 363 g/mol. The second-order valence-corrected chi connectivity index (χ2v) is 6.03. The quantitative estimate of drug-likeness (QED) is 0.803. The van der Waals surface area contributed by atoms with E-state index in [4.69, 9.17) is 4.42 Å². The molecule has 1 aliphatic rings. The molecule has 2 aromatic heterocycles. The molecule has 1 fully saturated rings. The Morgan fingerprint density at radius 2 is 2.08 bits per heavy atom. The van der Waals surface area contributed by atoms with Crippen LogP contribution in [0.4, 0.5) is 18.0 Å². The second-order valence-electron chi connectivity index (χ2n) is 5.08. The fraction of sp³-hybridized carbons (Fsp3) is 0.214. The zero-order valence-electron chi connectivity index (χ0n) is 12.3. The van der Waals surface area contributed by atoms with Gasteiger partial charge < -0.3 is 9.73 Å². The summed E-state index contributed by atoms with van der Waals surface area (Å²) in [7, 11) is 0. The van der Waals surface area contributed by atoms with Crippen LogP contribution in [0.1, 0.15) is 15.4 Å². The van der Waals surface area contributed by atoms with E-state index in [1.165, 1.54) is 35.9 Å². The number of hydrogen-bond donors (Lipinski definition) is 2. The van der Waals surface area contributed by atoms with Crippen molar-refractivity contribution < 1.29 is 32.0 Å². The van der Waals surface area contributed by atoms with Gasteiger partial charge in [-0.2, -0.15) is 13.2 Å². The number of thiophene rings is 1. The van der Waals surface area contributed by atoms with E-state index in [0.29, 0.717) is 4.90 Å². The normalized spacial score (nSPS) is 20.7. The highest BCUT2D eigenvalue weighted by atomic mass is 32.1. The number of hydrogen-bond acceptors (Lipinski definition) is 5. The topological polar surface area (TPSA) is 91.7 Å². The molecule has 132 valence electrons. The van der Waals surface area contributed by atoms with Crippen LogP contribution in [0, 0.1) is 0 Å². The maximum Gasteiger partial charge on any atom is 0.440 e. The minimum absolute atomic E-state index is 0.0323. The van der Waals surface area contributed by atoms with Crippen molar-refractivity contribution in [2.24, 2.45) is 0 Å². The molecule has 3 rings (SSSR count). The van der Waals surface area contributed by atoms with Crippen molar-refractivity contribution >= 4 is 29.2 Å². The van der Waals surface area contributed by atoms with Crippen LogP contribution >= 0.6 is 11.3 Å². The summed E-state index contributed by atoms with van der Waals surface area (Å²) < 4.78 is 45.7. The van der Waals surface area contributed by atoms with E-state index in [2.05, 4.69) is 0 Å². The summed E-state index contributed by atoms with van der Waals surface area (Å²) in [6.07, 6.45) is -3.99. The number of furan rings is 1. The molecule has 0 spiro atoms. The minimum Gasteiger partial charge on any atom is -0.467 e. The number of alkyl halides is 3. The molecular formula is C14H10F3N3O4S. The number of carbonyl (C=O) groups excluding carboxylic acids is 3. The van der Waals surface area contributed by atoms with Crippen LogP contribution in [-0.2, 0) is 11.3 Å². The fourth-order valence-electron chi connectivity index (χ4n) is 2.27. The van der Waals surface area contributed by atoms with Crippen molar-refractivity contribution in [1.29, 1.82) is 0 Å². The number of imide groups is 1. The van der Waals surface area contributed by atoms with Crippen LogP contribution in [0.3, 0.4) is 0 Å². The van der Waals surface area contributed by atoms with Gasteiger partial charge in [-0.15, -0.1) is 11.3 Å². The highest BCUT2D eigenvalue weighted by molar-refractivity contribution is 7.12. The number of nitrogens with zero attached hydrogens (tertiary/aromatic N) is 1. The molecule has 11 heteroatoms. The molecule has 0 unspecified atom stereocenters. The Kier molecular flexibility index (Phi) is 4.03. The first-order valence-electron chi connectivity index (χ1n) is 6.84. The van der Waals surface area contributed by atoms with E-state index in [9.17, 15) is 27.6 Å². The highest BCUT2D eigenvalue weighted by Gasteiger charge is 2.68. The van der Waals surface area contributed by atoms with Gasteiger partial charge in [0.1, 0.15) is 5.76 Å². The first-order valence-corrected chi connectivity index (χ1v) is 7.72. The zero-order chi connectivity index (χ0) is 18.2. The van der Waals surface area contributed by atoms with Crippen molar-refractivity contribution in [2.45, 2.75) is 18.4 Å². The maximum atomic E-state index is 13.6. The Bertz CT molecular complexity index is 804. The number of amides is 4. The summed E-state index contributed by atoms with van der Waals surface area (Å²) in [6, 6.07) is 4.34.